The summed E-state index contributed by atoms with van der Waals surface area (Å²) in [5, 5.41) is 30.5. The maximum Gasteiger partial charge on any atom is 0.254 e. The van der Waals surface area contributed by atoms with Crippen LogP contribution in [0.1, 0.15) is 27.7 Å². The number of hydrogen-bond acceptors (Lipinski definition) is 7. The number of carbonyl (C=O) groups excluding carboxylic acids is 1. The lowest BCUT2D eigenvalue weighted by Crippen LogP contribution is -2.57. The first kappa shape index (κ1) is 18.6. The predicted molar refractivity (Wildman–Crippen MR) is 79.5 cm³/mol. The van der Waals surface area contributed by atoms with Crippen molar-refractivity contribution in [3.8, 4) is 0 Å². The van der Waals surface area contributed by atoms with Gasteiger partial charge in [0.2, 0.25) is 0 Å². The molecule has 23 heavy (non-hydrogen) atoms. The van der Waals surface area contributed by atoms with Crippen molar-refractivity contribution in [3.05, 3.63) is 0 Å². The van der Waals surface area contributed by atoms with E-state index >= 15 is 0 Å². The van der Waals surface area contributed by atoms with Crippen LogP contribution in [0.4, 0.5) is 0 Å². The molecule has 2 rings (SSSR count). The second-order valence-electron chi connectivity index (χ2n) is 6.37. The molecule has 0 spiro atoms. The van der Waals surface area contributed by atoms with Crippen LogP contribution in [0.2, 0.25) is 0 Å². The van der Waals surface area contributed by atoms with Gasteiger partial charge in [0.1, 0.15) is 30.5 Å². The molecule has 8 heteroatoms. The zero-order valence-electron chi connectivity index (χ0n) is 14.0. The molecular weight excluding hydrogens is 306 g/mol. The molecule has 2 heterocycles. The quantitative estimate of drug-likeness (QED) is 0.527. The van der Waals surface area contributed by atoms with Crippen molar-refractivity contribution in [2.75, 3.05) is 19.7 Å². The fourth-order valence-electron chi connectivity index (χ4n) is 2.80. The fourth-order valence-corrected chi connectivity index (χ4v) is 2.80. The van der Waals surface area contributed by atoms with Crippen LogP contribution in [0.15, 0.2) is 0 Å². The molecule has 2 aliphatic heterocycles. The van der Waals surface area contributed by atoms with Crippen molar-refractivity contribution in [1.29, 1.82) is 0 Å². The number of carbonyl (C=O) groups is 1. The van der Waals surface area contributed by atoms with Gasteiger partial charge in [0.15, 0.2) is 11.9 Å². The van der Waals surface area contributed by atoms with Crippen LogP contribution in [-0.4, -0.2) is 88.2 Å². The van der Waals surface area contributed by atoms with E-state index in [9.17, 15) is 20.1 Å². The summed E-state index contributed by atoms with van der Waals surface area (Å²) in [5.41, 5.74) is 0. The Morgan fingerprint density at radius 2 is 1.78 bits per heavy atom. The van der Waals surface area contributed by atoms with Gasteiger partial charge in [-0.2, -0.15) is 0 Å². The third-order valence-electron chi connectivity index (χ3n) is 4.27. The normalized spacial score (nSPS) is 35.4. The third-order valence-corrected chi connectivity index (χ3v) is 4.27. The lowest BCUT2D eigenvalue weighted by atomic mass is 9.98. The number of amides is 1. The molecule has 0 aliphatic carbocycles. The summed E-state index contributed by atoms with van der Waals surface area (Å²) in [6.07, 6.45) is -6.34. The van der Waals surface area contributed by atoms with Crippen LogP contribution in [0.25, 0.3) is 0 Å². The number of rotatable bonds is 6. The van der Waals surface area contributed by atoms with E-state index in [1.165, 1.54) is 0 Å². The number of hydrogen-bond donors (Lipinski definition) is 3. The van der Waals surface area contributed by atoms with Crippen molar-refractivity contribution in [2.45, 2.75) is 70.1 Å². The van der Waals surface area contributed by atoms with Gasteiger partial charge in [0, 0.05) is 13.1 Å². The summed E-state index contributed by atoms with van der Waals surface area (Å²) in [6.45, 7) is 8.13. The SMILES string of the molecule is CCN(CC)C(=O)[C@@H]1O[C@H]1[C@@H](O)[C@@H](O)[C@@H]1OC(C)(C)OC[C@H]1O. The van der Waals surface area contributed by atoms with E-state index in [-0.39, 0.29) is 12.5 Å². The first-order valence-corrected chi connectivity index (χ1v) is 8.02. The third kappa shape index (κ3) is 4.01. The van der Waals surface area contributed by atoms with Crippen LogP contribution in [0, 0.1) is 0 Å². The van der Waals surface area contributed by atoms with E-state index in [1.54, 1.807) is 18.7 Å². The number of likely N-dealkylation sites (N-methyl/N-ethyl adjacent to an activating group) is 1. The van der Waals surface area contributed by atoms with Crippen molar-refractivity contribution in [1.82, 2.24) is 4.90 Å². The van der Waals surface area contributed by atoms with E-state index in [2.05, 4.69) is 0 Å². The summed E-state index contributed by atoms with van der Waals surface area (Å²) >= 11 is 0. The molecule has 0 radical (unpaired) electrons. The van der Waals surface area contributed by atoms with Crippen molar-refractivity contribution in [2.24, 2.45) is 0 Å². The van der Waals surface area contributed by atoms with E-state index in [0.717, 1.165) is 0 Å². The summed E-state index contributed by atoms with van der Waals surface area (Å²) in [6, 6.07) is 0. The smallest absolute Gasteiger partial charge is 0.254 e. The predicted octanol–water partition coefficient (Wildman–Crippen LogP) is -1.14. The highest BCUT2D eigenvalue weighted by Crippen LogP contribution is 2.32. The topological polar surface area (TPSA) is 112 Å². The van der Waals surface area contributed by atoms with Crippen molar-refractivity contribution < 1.29 is 34.3 Å². The highest BCUT2D eigenvalue weighted by atomic mass is 16.7. The minimum absolute atomic E-state index is 0.00518. The molecule has 0 unspecified atom stereocenters. The Hall–Kier alpha value is -0.770. The molecule has 0 aromatic carbocycles. The Morgan fingerprint density at radius 1 is 1.22 bits per heavy atom. The molecule has 134 valence electrons. The van der Waals surface area contributed by atoms with E-state index < -0.39 is 42.4 Å². The molecule has 0 saturated carbocycles. The van der Waals surface area contributed by atoms with Gasteiger partial charge in [-0.15, -0.1) is 0 Å². The molecule has 0 aromatic rings. The highest BCUT2D eigenvalue weighted by molar-refractivity contribution is 5.84. The first-order valence-electron chi connectivity index (χ1n) is 8.02. The van der Waals surface area contributed by atoms with Crippen molar-refractivity contribution >= 4 is 5.91 Å². The molecule has 2 fully saturated rings. The Bertz CT molecular complexity index is 426. The zero-order valence-corrected chi connectivity index (χ0v) is 14.0. The van der Waals surface area contributed by atoms with Crippen molar-refractivity contribution in [3.63, 3.8) is 0 Å². The molecular formula is C15H27NO7. The van der Waals surface area contributed by atoms with Gasteiger partial charge in [-0.05, 0) is 27.7 Å². The monoisotopic (exact) mass is 333 g/mol. The second-order valence-corrected chi connectivity index (χ2v) is 6.37. The first-order chi connectivity index (χ1) is 10.7. The fraction of sp³-hybridized carbons (Fsp3) is 0.933. The lowest BCUT2D eigenvalue weighted by molar-refractivity contribution is -0.324. The lowest BCUT2D eigenvalue weighted by Gasteiger charge is -2.41. The summed E-state index contributed by atoms with van der Waals surface area (Å²) < 4.78 is 16.0. The minimum atomic E-state index is -1.38. The van der Waals surface area contributed by atoms with Gasteiger partial charge in [-0.1, -0.05) is 0 Å². The van der Waals surface area contributed by atoms with Gasteiger partial charge >= 0.3 is 0 Å². The van der Waals surface area contributed by atoms with Gasteiger partial charge in [0.05, 0.1) is 6.61 Å². The molecule has 2 aliphatic rings. The standard InChI is InChI=1S/C15H27NO7/c1-5-16(6-2)14(20)13-12(22-13)10(19)9(18)11-8(17)7-21-15(3,4)23-11/h8-13,17-19H,5-7H2,1-4H3/t8-,9-,10+,11-,12+,13-/m1/s1. The Morgan fingerprint density at radius 3 is 2.35 bits per heavy atom. The average molecular weight is 333 g/mol. The van der Waals surface area contributed by atoms with Gasteiger partial charge in [0.25, 0.3) is 5.91 Å². The largest absolute Gasteiger partial charge is 0.388 e. The molecule has 0 aromatic heterocycles. The number of ether oxygens (including phenoxy) is 3. The summed E-state index contributed by atoms with van der Waals surface area (Å²) in [4.78, 5) is 13.8. The maximum absolute atomic E-state index is 12.2. The maximum atomic E-state index is 12.2. The van der Waals surface area contributed by atoms with Gasteiger partial charge in [-0.25, -0.2) is 0 Å². The van der Waals surface area contributed by atoms with Crippen LogP contribution in [-0.2, 0) is 19.0 Å². The van der Waals surface area contributed by atoms with E-state index in [0.29, 0.717) is 13.1 Å². The Labute approximate surface area is 135 Å². The van der Waals surface area contributed by atoms with Crippen LogP contribution in [0.5, 0.6) is 0 Å². The molecule has 0 bridgehead atoms. The molecule has 3 N–H and O–H groups in total. The summed E-state index contributed by atoms with van der Waals surface area (Å²) in [7, 11) is 0. The van der Waals surface area contributed by atoms with Gasteiger partial charge < -0.3 is 34.4 Å². The van der Waals surface area contributed by atoms with E-state index in [4.69, 9.17) is 14.2 Å². The molecule has 2 saturated heterocycles. The molecule has 1 amide bonds. The summed E-state index contributed by atoms with van der Waals surface area (Å²) in [5.74, 6) is -1.18. The van der Waals surface area contributed by atoms with Crippen LogP contribution in [0.3, 0.4) is 0 Å². The zero-order chi connectivity index (χ0) is 17.4. The van der Waals surface area contributed by atoms with Crippen LogP contribution < -0.4 is 0 Å². The van der Waals surface area contributed by atoms with Gasteiger partial charge in [-0.3, -0.25) is 4.79 Å². The minimum Gasteiger partial charge on any atom is -0.388 e. The number of nitrogens with zero attached hydrogens (tertiary/aromatic N) is 1. The number of epoxide rings is 1. The molecule has 8 nitrogen and oxygen atoms in total. The number of aliphatic hydroxyl groups is 3. The highest BCUT2D eigenvalue weighted by Gasteiger charge is 2.55. The Kier molecular flexibility index (Phi) is 5.65. The average Bonchev–Trinajstić information content (AvgIpc) is 3.30. The Balaban J connectivity index is 1.96. The van der Waals surface area contributed by atoms with E-state index in [1.807, 2.05) is 13.8 Å². The molecule has 6 atom stereocenters. The van der Waals surface area contributed by atoms with Crippen LogP contribution >= 0.6 is 0 Å². The number of aliphatic hydroxyl groups excluding tert-OH is 3. The second kappa shape index (κ2) is 7.00.